The molecule has 1 atom stereocenters. The van der Waals surface area contributed by atoms with Crippen LogP contribution in [0.2, 0.25) is 0 Å². The van der Waals surface area contributed by atoms with Crippen LogP contribution >= 0.6 is 0 Å². The Hall–Kier alpha value is -1.55. The Kier molecular flexibility index (Phi) is 2.60. The highest BCUT2D eigenvalue weighted by Gasteiger charge is 2.26. The van der Waals surface area contributed by atoms with Gasteiger partial charge in [-0.3, -0.25) is 4.79 Å². The molecule has 0 aromatic heterocycles. The number of hydrogen-bond donors (Lipinski definition) is 2. The molecular formula is C11H14N2O2. The second-order valence-corrected chi connectivity index (χ2v) is 3.61. The van der Waals surface area contributed by atoms with Crippen LogP contribution in [-0.4, -0.2) is 19.6 Å². The van der Waals surface area contributed by atoms with E-state index in [-0.39, 0.29) is 11.8 Å². The van der Waals surface area contributed by atoms with Gasteiger partial charge in [0.05, 0.1) is 13.0 Å². The molecule has 1 unspecified atom stereocenters. The Morgan fingerprint density at radius 2 is 2.40 bits per heavy atom. The fraction of sp³-hybridized carbons (Fsp3) is 0.364. The van der Waals surface area contributed by atoms with E-state index in [0.29, 0.717) is 13.0 Å². The first-order chi connectivity index (χ1) is 7.26. The van der Waals surface area contributed by atoms with Crippen LogP contribution in [0.3, 0.4) is 0 Å². The zero-order valence-corrected chi connectivity index (χ0v) is 8.62. The van der Waals surface area contributed by atoms with E-state index >= 15 is 0 Å². The van der Waals surface area contributed by atoms with E-state index < -0.39 is 0 Å². The number of amides is 1. The number of benzene rings is 1. The van der Waals surface area contributed by atoms with Crippen molar-refractivity contribution in [2.75, 3.05) is 19.0 Å². The maximum absolute atomic E-state index is 11.6. The Labute approximate surface area is 88.4 Å². The summed E-state index contributed by atoms with van der Waals surface area (Å²) in [5.74, 6) is 0.665. The molecule has 1 aliphatic rings. The molecule has 0 spiro atoms. The Morgan fingerprint density at radius 1 is 1.60 bits per heavy atom. The molecule has 4 heteroatoms. The lowest BCUT2D eigenvalue weighted by Crippen LogP contribution is -2.35. The van der Waals surface area contributed by atoms with E-state index in [1.165, 1.54) is 0 Å². The SMILES string of the molecule is COc1cccc2c1CC(CN)C(=O)N2. The monoisotopic (exact) mass is 206 g/mol. The lowest BCUT2D eigenvalue weighted by atomic mass is 9.92. The number of carbonyl (C=O) groups excluding carboxylic acids is 1. The minimum Gasteiger partial charge on any atom is -0.496 e. The summed E-state index contributed by atoms with van der Waals surface area (Å²) in [6.45, 7) is 0.364. The minimum atomic E-state index is -0.145. The molecule has 0 fully saturated rings. The van der Waals surface area contributed by atoms with Gasteiger partial charge in [-0.15, -0.1) is 0 Å². The summed E-state index contributed by atoms with van der Waals surface area (Å²) in [6.07, 6.45) is 0.654. The third-order valence-corrected chi connectivity index (χ3v) is 2.72. The predicted molar refractivity (Wildman–Crippen MR) is 57.9 cm³/mol. The molecule has 0 saturated heterocycles. The number of ether oxygens (including phenoxy) is 1. The summed E-state index contributed by atoms with van der Waals surface area (Å²) < 4.78 is 5.25. The topological polar surface area (TPSA) is 64.3 Å². The first-order valence-electron chi connectivity index (χ1n) is 4.93. The van der Waals surface area contributed by atoms with Crippen molar-refractivity contribution in [1.82, 2.24) is 0 Å². The van der Waals surface area contributed by atoms with E-state index in [4.69, 9.17) is 10.5 Å². The smallest absolute Gasteiger partial charge is 0.229 e. The van der Waals surface area contributed by atoms with Crippen molar-refractivity contribution in [1.29, 1.82) is 0 Å². The third-order valence-electron chi connectivity index (χ3n) is 2.72. The van der Waals surface area contributed by atoms with Gasteiger partial charge in [-0.1, -0.05) is 6.07 Å². The lowest BCUT2D eigenvalue weighted by Gasteiger charge is -2.24. The zero-order valence-electron chi connectivity index (χ0n) is 8.62. The highest BCUT2D eigenvalue weighted by molar-refractivity contribution is 5.96. The molecule has 1 heterocycles. The average Bonchev–Trinajstić information content (AvgIpc) is 2.27. The first kappa shape index (κ1) is 9.98. The van der Waals surface area contributed by atoms with Crippen LogP contribution in [0.1, 0.15) is 5.56 Å². The predicted octanol–water partition coefficient (Wildman–Crippen LogP) is 0.765. The molecule has 2 rings (SSSR count). The Bertz CT molecular complexity index is 390. The van der Waals surface area contributed by atoms with Crippen molar-refractivity contribution in [3.05, 3.63) is 23.8 Å². The van der Waals surface area contributed by atoms with Gasteiger partial charge in [-0.2, -0.15) is 0 Å². The van der Waals surface area contributed by atoms with Crippen LogP contribution < -0.4 is 15.8 Å². The van der Waals surface area contributed by atoms with Gasteiger partial charge in [0, 0.05) is 17.8 Å². The molecule has 1 aliphatic heterocycles. The van der Waals surface area contributed by atoms with Gasteiger partial charge in [0.15, 0.2) is 0 Å². The summed E-state index contributed by atoms with van der Waals surface area (Å²) in [4.78, 5) is 11.6. The molecule has 3 N–H and O–H groups in total. The summed E-state index contributed by atoms with van der Waals surface area (Å²) in [7, 11) is 1.63. The summed E-state index contributed by atoms with van der Waals surface area (Å²) in [6, 6.07) is 5.63. The Morgan fingerprint density at radius 3 is 3.07 bits per heavy atom. The van der Waals surface area contributed by atoms with Gasteiger partial charge in [-0.05, 0) is 18.6 Å². The Balaban J connectivity index is 2.40. The number of anilines is 1. The van der Waals surface area contributed by atoms with E-state index in [2.05, 4.69) is 5.32 Å². The van der Waals surface area contributed by atoms with Crippen LogP contribution in [-0.2, 0) is 11.2 Å². The lowest BCUT2D eigenvalue weighted by molar-refractivity contribution is -0.119. The fourth-order valence-electron chi connectivity index (χ4n) is 1.85. The molecule has 0 bridgehead atoms. The van der Waals surface area contributed by atoms with Crippen LogP contribution in [0.5, 0.6) is 5.75 Å². The second kappa shape index (κ2) is 3.90. The number of hydrogen-bond acceptors (Lipinski definition) is 3. The van der Waals surface area contributed by atoms with Crippen LogP contribution in [0.4, 0.5) is 5.69 Å². The van der Waals surface area contributed by atoms with Crippen molar-refractivity contribution in [2.24, 2.45) is 11.7 Å². The molecule has 4 nitrogen and oxygen atoms in total. The van der Waals surface area contributed by atoms with E-state index in [1.54, 1.807) is 7.11 Å². The molecule has 1 aromatic carbocycles. The average molecular weight is 206 g/mol. The number of fused-ring (bicyclic) bond motifs is 1. The maximum atomic E-state index is 11.6. The molecule has 0 aliphatic carbocycles. The van der Waals surface area contributed by atoms with Crippen molar-refractivity contribution < 1.29 is 9.53 Å². The van der Waals surface area contributed by atoms with Gasteiger partial charge in [0.1, 0.15) is 5.75 Å². The van der Waals surface area contributed by atoms with Gasteiger partial charge in [-0.25, -0.2) is 0 Å². The zero-order chi connectivity index (χ0) is 10.8. The van der Waals surface area contributed by atoms with Crippen LogP contribution in [0.25, 0.3) is 0 Å². The molecule has 15 heavy (non-hydrogen) atoms. The number of nitrogens with two attached hydrogens (primary N) is 1. The molecule has 0 saturated carbocycles. The summed E-state index contributed by atoms with van der Waals surface area (Å²) >= 11 is 0. The summed E-state index contributed by atoms with van der Waals surface area (Å²) in [5.41, 5.74) is 7.41. The maximum Gasteiger partial charge on any atom is 0.229 e. The summed E-state index contributed by atoms with van der Waals surface area (Å²) in [5, 5.41) is 2.84. The van der Waals surface area contributed by atoms with Gasteiger partial charge in [0.25, 0.3) is 0 Å². The first-order valence-corrected chi connectivity index (χ1v) is 4.93. The number of carbonyl (C=O) groups is 1. The van der Waals surface area contributed by atoms with E-state index in [9.17, 15) is 4.79 Å². The van der Waals surface area contributed by atoms with Crippen molar-refractivity contribution >= 4 is 11.6 Å². The van der Waals surface area contributed by atoms with Gasteiger partial charge >= 0.3 is 0 Å². The molecule has 1 aromatic rings. The third kappa shape index (κ3) is 1.68. The highest BCUT2D eigenvalue weighted by Crippen LogP contribution is 2.32. The molecular weight excluding hydrogens is 192 g/mol. The second-order valence-electron chi connectivity index (χ2n) is 3.61. The number of methoxy groups -OCH3 is 1. The van der Waals surface area contributed by atoms with E-state index in [1.807, 2.05) is 18.2 Å². The quantitative estimate of drug-likeness (QED) is 0.751. The van der Waals surface area contributed by atoms with Crippen LogP contribution in [0, 0.1) is 5.92 Å². The minimum absolute atomic E-state index is 0.00162. The van der Waals surface area contributed by atoms with Gasteiger partial charge < -0.3 is 15.8 Å². The van der Waals surface area contributed by atoms with Crippen molar-refractivity contribution in [2.45, 2.75) is 6.42 Å². The standard InChI is InChI=1S/C11H14N2O2/c1-15-10-4-2-3-9-8(10)5-7(6-12)11(14)13-9/h2-4,7H,5-6,12H2,1H3,(H,13,14). The molecule has 1 amide bonds. The van der Waals surface area contributed by atoms with Crippen LogP contribution in [0.15, 0.2) is 18.2 Å². The van der Waals surface area contributed by atoms with Crippen molar-refractivity contribution in [3.63, 3.8) is 0 Å². The molecule has 0 radical (unpaired) electrons. The van der Waals surface area contributed by atoms with Gasteiger partial charge in [0.2, 0.25) is 5.91 Å². The number of rotatable bonds is 2. The van der Waals surface area contributed by atoms with Crippen molar-refractivity contribution in [3.8, 4) is 5.75 Å². The largest absolute Gasteiger partial charge is 0.496 e. The van der Waals surface area contributed by atoms with E-state index in [0.717, 1.165) is 17.0 Å². The highest BCUT2D eigenvalue weighted by atomic mass is 16.5. The normalized spacial score (nSPS) is 19.3. The molecule has 80 valence electrons. The fourth-order valence-corrected chi connectivity index (χ4v) is 1.85. The number of nitrogens with one attached hydrogen (secondary N) is 1.